The first kappa shape index (κ1) is 16.1. The molecule has 1 fully saturated rings. The van der Waals surface area contributed by atoms with Crippen LogP contribution < -0.4 is 5.32 Å². The Kier molecular flexibility index (Phi) is 4.78. The van der Waals surface area contributed by atoms with Gasteiger partial charge >= 0.3 is 0 Å². The van der Waals surface area contributed by atoms with Crippen LogP contribution in [0, 0.1) is 6.92 Å². The molecule has 1 N–H and O–H groups in total. The quantitative estimate of drug-likeness (QED) is 0.935. The molecule has 2 aromatic rings. The lowest BCUT2D eigenvalue weighted by Gasteiger charge is -2.22. The third-order valence-electron chi connectivity index (χ3n) is 4.60. The highest BCUT2D eigenvalue weighted by atomic mass is 32.1. The van der Waals surface area contributed by atoms with E-state index in [2.05, 4.69) is 39.5 Å². The van der Waals surface area contributed by atoms with E-state index in [1.807, 2.05) is 26.4 Å². The lowest BCUT2D eigenvalue weighted by molar-refractivity contribution is -0.125. The van der Waals surface area contributed by atoms with Gasteiger partial charge in [-0.3, -0.25) is 9.69 Å². The van der Waals surface area contributed by atoms with Gasteiger partial charge in [0.05, 0.1) is 28.2 Å². The fourth-order valence-electron chi connectivity index (χ4n) is 3.14. The highest BCUT2D eigenvalue weighted by Crippen LogP contribution is 2.28. The van der Waals surface area contributed by atoms with Crippen molar-refractivity contribution >= 4 is 17.2 Å². The normalized spacial score (nSPS) is 19.7. The van der Waals surface area contributed by atoms with Crippen LogP contribution in [-0.2, 0) is 4.79 Å². The number of likely N-dealkylation sites (N-methyl/N-ethyl adjacent to an activating group) is 1. The van der Waals surface area contributed by atoms with Crippen molar-refractivity contribution in [1.82, 2.24) is 15.2 Å². The van der Waals surface area contributed by atoms with Crippen molar-refractivity contribution in [3.05, 3.63) is 41.0 Å². The molecule has 23 heavy (non-hydrogen) atoms. The van der Waals surface area contributed by atoms with E-state index in [1.165, 1.54) is 10.4 Å². The van der Waals surface area contributed by atoms with Gasteiger partial charge < -0.3 is 5.32 Å². The molecule has 0 saturated carbocycles. The molecule has 3 rings (SSSR count). The maximum Gasteiger partial charge on any atom is 0.237 e. The Morgan fingerprint density at radius 3 is 2.70 bits per heavy atom. The summed E-state index contributed by atoms with van der Waals surface area (Å²) in [6.07, 6.45) is 2.06. The molecular weight excluding hydrogens is 306 g/mol. The van der Waals surface area contributed by atoms with Crippen molar-refractivity contribution in [2.45, 2.75) is 38.8 Å². The summed E-state index contributed by atoms with van der Waals surface area (Å²) in [7, 11) is 2.02. The van der Waals surface area contributed by atoms with E-state index in [0.717, 1.165) is 30.6 Å². The van der Waals surface area contributed by atoms with E-state index in [4.69, 9.17) is 0 Å². The third kappa shape index (κ3) is 3.46. The number of aryl methyl sites for hydroxylation is 1. The minimum atomic E-state index is 0.0214. The van der Waals surface area contributed by atoms with E-state index < -0.39 is 0 Å². The first-order valence-electron chi connectivity index (χ1n) is 8.07. The van der Waals surface area contributed by atoms with Crippen LogP contribution in [0.3, 0.4) is 0 Å². The monoisotopic (exact) mass is 329 g/mol. The first-order chi connectivity index (χ1) is 11.1. The summed E-state index contributed by atoms with van der Waals surface area (Å²) in [6, 6.07) is 8.46. The Bertz CT molecular complexity index is 680. The fraction of sp³-hybridized carbons (Fsp3) is 0.444. The lowest BCUT2D eigenvalue weighted by atomic mass is 10.0. The summed E-state index contributed by atoms with van der Waals surface area (Å²) in [6.45, 7) is 5.08. The minimum Gasteiger partial charge on any atom is -0.348 e. The number of carbonyl (C=O) groups is 1. The van der Waals surface area contributed by atoms with Crippen LogP contribution in [0.5, 0.6) is 0 Å². The van der Waals surface area contributed by atoms with E-state index in [-0.39, 0.29) is 18.0 Å². The Labute approximate surface area is 141 Å². The van der Waals surface area contributed by atoms with Crippen LogP contribution in [0.2, 0.25) is 0 Å². The summed E-state index contributed by atoms with van der Waals surface area (Å²) in [4.78, 5) is 20.0. The molecule has 2 heterocycles. The van der Waals surface area contributed by atoms with Crippen molar-refractivity contribution in [1.29, 1.82) is 0 Å². The molecular formula is C18H23N3OS. The van der Waals surface area contributed by atoms with Crippen LogP contribution in [-0.4, -0.2) is 35.4 Å². The van der Waals surface area contributed by atoms with Gasteiger partial charge in [-0.25, -0.2) is 4.98 Å². The van der Waals surface area contributed by atoms with Crippen LogP contribution in [0.1, 0.15) is 37.1 Å². The van der Waals surface area contributed by atoms with Crippen molar-refractivity contribution in [2.24, 2.45) is 0 Å². The zero-order valence-electron chi connectivity index (χ0n) is 13.9. The third-order valence-corrected chi connectivity index (χ3v) is 5.58. The predicted octanol–water partition coefficient (Wildman–Crippen LogP) is 3.39. The smallest absolute Gasteiger partial charge is 0.237 e. The minimum absolute atomic E-state index is 0.0214. The molecule has 1 aromatic carbocycles. The average Bonchev–Trinajstić information content (AvgIpc) is 3.15. The Hall–Kier alpha value is -1.72. The fourth-order valence-corrected chi connectivity index (χ4v) is 3.95. The van der Waals surface area contributed by atoms with Crippen molar-refractivity contribution in [3.8, 4) is 10.4 Å². The number of hydrogen-bond acceptors (Lipinski definition) is 4. The Morgan fingerprint density at radius 2 is 2.13 bits per heavy atom. The molecule has 0 spiro atoms. The molecule has 4 nitrogen and oxygen atoms in total. The molecule has 1 unspecified atom stereocenters. The largest absolute Gasteiger partial charge is 0.348 e. The molecule has 122 valence electrons. The number of carbonyl (C=O) groups excluding carboxylic acids is 1. The van der Waals surface area contributed by atoms with Gasteiger partial charge in [-0.1, -0.05) is 24.3 Å². The molecule has 0 radical (unpaired) electrons. The zero-order valence-corrected chi connectivity index (χ0v) is 14.7. The number of rotatable bonds is 4. The lowest BCUT2D eigenvalue weighted by Crippen LogP contribution is -2.42. The number of thiazole rings is 1. The summed E-state index contributed by atoms with van der Waals surface area (Å²) in [5.41, 5.74) is 5.25. The number of amides is 1. The molecule has 1 amide bonds. The topological polar surface area (TPSA) is 45.2 Å². The van der Waals surface area contributed by atoms with E-state index in [0.29, 0.717) is 0 Å². The maximum atomic E-state index is 12.4. The van der Waals surface area contributed by atoms with Crippen LogP contribution in [0.15, 0.2) is 29.8 Å². The highest BCUT2D eigenvalue weighted by molar-refractivity contribution is 7.13. The van der Waals surface area contributed by atoms with Gasteiger partial charge in [-0.2, -0.15) is 0 Å². The molecule has 5 heteroatoms. The van der Waals surface area contributed by atoms with Crippen molar-refractivity contribution in [2.75, 3.05) is 13.6 Å². The molecule has 1 saturated heterocycles. The molecule has 0 bridgehead atoms. The van der Waals surface area contributed by atoms with Gasteiger partial charge in [0.25, 0.3) is 0 Å². The van der Waals surface area contributed by atoms with E-state index >= 15 is 0 Å². The number of aromatic nitrogens is 1. The maximum absolute atomic E-state index is 12.4. The molecule has 1 aliphatic heterocycles. The standard InChI is InChI=1S/C18H23N3OS/c1-12(20-18(22)16-5-4-10-21(16)3)14-6-8-15(9-7-14)17-13(2)19-11-23-17/h6-9,11-12,16H,4-5,10H2,1-3H3,(H,20,22)/t12?,16-/m0/s1. The molecule has 1 aliphatic rings. The molecule has 2 atom stereocenters. The average molecular weight is 329 g/mol. The number of nitrogens with zero attached hydrogens (tertiary/aromatic N) is 2. The Balaban J connectivity index is 1.67. The second kappa shape index (κ2) is 6.81. The van der Waals surface area contributed by atoms with E-state index in [1.54, 1.807) is 11.3 Å². The SMILES string of the molecule is Cc1ncsc1-c1ccc(C(C)NC(=O)[C@@H]2CCCN2C)cc1. The summed E-state index contributed by atoms with van der Waals surface area (Å²) in [5.74, 6) is 0.139. The first-order valence-corrected chi connectivity index (χ1v) is 8.95. The van der Waals surface area contributed by atoms with Gasteiger partial charge in [0, 0.05) is 0 Å². The van der Waals surface area contributed by atoms with Crippen LogP contribution in [0.25, 0.3) is 10.4 Å². The van der Waals surface area contributed by atoms with Crippen molar-refractivity contribution < 1.29 is 4.79 Å². The summed E-state index contributed by atoms with van der Waals surface area (Å²) < 4.78 is 0. The van der Waals surface area contributed by atoms with E-state index in [9.17, 15) is 4.79 Å². The molecule has 1 aromatic heterocycles. The molecule has 0 aliphatic carbocycles. The number of likely N-dealkylation sites (tertiary alicyclic amines) is 1. The summed E-state index contributed by atoms with van der Waals surface area (Å²) in [5, 5.41) is 3.14. The highest BCUT2D eigenvalue weighted by Gasteiger charge is 2.28. The number of nitrogens with one attached hydrogen (secondary N) is 1. The Morgan fingerprint density at radius 1 is 1.39 bits per heavy atom. The van der Waals surface area contributed by atoms with Gasteiger partial charge in [0.15, 0.2) is 0 Å². The van der Waals surface area contributed by atoms with Crippen LogP contribution >= 0.6 is 11.3 Å². The summed E-state index contributed by atoms with van der Waals surface area (Å²) >= 11 is 1.66. The second-order valence-corrected chi connectivity index (χ2v) is 7.11. The van der Waals surface area contributed by atoms with Crippen molar-refractivity contribution in [3.63, 3.8) is 0 Å². The van der Waals surface area contributed by atoms with Crippen LogP contribution in [0.4, 0.5) is 0 Å². The number of benzene rings is 1. The predicted molar refractivity (Wildman–Crippen MR) is 94.5 cm³/mol. The van der Waals surface area contributed by atoms with Gasteiger partial charge in [0.2, 0.25) is 5.91 Å². The van der Waals surface area contributed by atoms with Gasteiger partial charge in [-0.05, 0) is 51.4 Å². The zero-order chi connectivity index (χ0) is 16.4. The second-order valence-electron chi connectivity index (χ2n) is 6.26. The number of hydrogen-bond donors (Lipinski definition) is 1. The van der Waals surface area contributed by atoms with Gasteiger partial charge in [0.1, 0.15) is 0 Å². The van der Waals surface area contributed by atoms with Gasteiger partial charge in [-0.15, -0.1) is 11.3 Å².